The Morgan fingerprint density at radius 2 is 1.85 bits per heavy atom. The molecule has 0 atom stereocenters. The first-order valence-electron chi connectivity index (χ1n) is 7.95. The lowest BCUT2D eigenvalue weighted by atomic mass is 9.93. The van der Waals surface area contributed by atoms with Crippen LogP contribution in [0.25, 0.3) is 22.8 Å². The zero-order valence-electron chi connectivity index (χ0n) is 13.8. The van der Waals surface area contributed by atoms with Crippen LogP contribution in [0.15, 0.2) is 48.7 Å². The van der Waals surface area contributed by atoms with E-state index in [-0.39, 0.29) is 11.7 Å². The van der Waals surface area contributed by atoms with Gasteiger partial charge in [-0.05, 0) is 42.0 Å². The predicted molar refractivity (Wildman–Crippen MR) is 97.3 cm³/mol. The van der Waals surface area contributed by atoms with Crippen LogP contribution in [0, 0.1) is 5.82 Å². The second-order valence-electron chi connectivity index (χ2n) is 5.86. The molecule has 130 valence electrons. The second kappa shape index (κ2) is 6.07. The van der Waals surface area contributed by atoms with Gasteiger partial charge in [-0.3, -0.25) is 4.79 Å². The minimum absolute atomic E-state index is 0.0859. The molecule has 1 aliphatic rings. The average Bonchev–Trinajstić information content (AvgIpc) is 3.21. The van der Waals surface area contributed by atoms with Gasteiger partial charge in [0, 0.05) is 23.0 Å². The van der Waals surface area contributed by atoms with Crippen LogP contribution >= 0.6 is 0 Å². The van der Waals surface area contributed by atoms with Gasteiger partial charge in [-0.15, -0.1) is 0 Å². The Morgan fingerprint density at radius 3 is 2.58 bits per heavy atom. The van der Waals surface area contributed by atoms with Gasteiger partial charge in [-0.1, -0.05) is 12.1 Å². The maximum absolute atomic E-state index is 14.7. The molecule has 1 amide bonds. The number of H-pyrrole nitrogens is 1. The number of fused-ring (bicyclic) bond motifs is 1. The predicted octanol–water partition coefficient (Wildman–Crippen LogP) is 4.03. The van der Waals surface area contributed by atoms with Gasteiger partial charge in [0.05, 0.1) is 18.4 Å². The lowest BCUT2D eigenvalue weighted by Crippen LogP contribution is -2.03. The number of methoxy groups -OCH3 is 1. The number of aromatic amines is 1. The lowest BCUT2D eigenvalue weighted by Gasteiger charge is -2.10. The zero-order chi connectivity index (χ0) is 18.3. The summed E-state index contributed by atoms with van der Waals surface area (Å²) in [7, 11) is 1.54. The summed E-state index contributed by atoms with van der Waals surface area (Å²) in [5.41, 5.74) is 2.85. The molecule has 2 heterocycles. The topological polar surface area (TPSA) is 74.4 Å². The van der Waals surface area contributed by atoms with Crippen LogP contribution in [0.2, 0.25) is 0 Å². The molecule has 0 saturated carbocycles. The number of aromatic hydroxyl groups is 1. The number of hydrogen-bond acceptors (Lipinski definition) is 3. The third kappa shape index (κ3) is 2.52. The van der Waals surface area contributed by atoms with Crippen molar-refractivity contribution in [1.29, 1.82) is 0 Å². The maximum atomic E-state index is 14.7. The number of benzene rings is 2. The molecule has 1 aromatic heterocycles. The van der Waals surface area contributed by atoms with Crippen LogP contribution in [-0.4, -0.2) is 23.1 Å². The van der Waals surface area contributed by atoms with E-state index in [1.807, 2.05) is 0 Å². The standard InChI is InChI=1S/C20H15FN2O3/c1-26-17-8-9-22-16(17)10-13-19-15(23-20(13)25)7-6-14(21)18(19)11-2-4-12(24)5-3-11/h2-10,22,24H,1H3,(H,23,25). The summed E-state index contributed by atoms with van der Waals surface area (Å²) < 4.78 is 20.0. The van der Waals surface area contributed by atoms with Crippen LogP contribution in [0.3, 0.4) is 0 Å². The Kier molecular flexibility index (Phi) is 3.73. The van der Waals surface area contributed by atoms with Gasteiger partial charge in [0.15, 0.2) is 0 Å². The molecule has 0 bridgehead atoms. The number of nitrogens with one attached hydrogen (secondary N) is 2. The van der Waals surface area contributed by atoms with Crippen molar-refractivity contribution >= 4 is 23.2 Å². The Hall–Kier alpha value is -3.54. The van der Waals surface area contributed by atoms with Gasteiger partial charge in [0.2, 0.25) is 0 Å². The Bertz CT molecular complexity index is 1040. The van der Waals surface area contributed by atoms with E-state index in [0.29, 0.717) is 39.4 Å². The SMILES string of the molecule is COc1cc[nH]c1C=C1C(=O)Nc2ccc(F)c(-c3ccc(O)cc3)c21. The third-order valence-corrected chi connectivity index (χ3v) is 4.32. The summed E-state index contributed by atoms with van der Waals surface area (Å²) in [6, 6.07) is 10.8. The maximum Gasteiger partial charge on any atom is 0.256 e. The van der Waals surface area contributed by atoms with Gasteiger partial charge in [0.25, 0.3) is 5.91 Å². The number of aromatic nitrogens is 1. The highest BCUT2D eigenvalue weighted by Gasteiger charge is 2.29. The summed E-state index contributed by atoms with van der Waals surface area (Å²) in [4.78, 5) is 15.5. The lowest BCUT2D eigenvalue weighted by molar-refractivity contribution is -0.110. The minimum atomic E-state index is -0.449. The molecular formula is C20H15FN2O3. The largest absolute Gasteiger partial charge is 0.508 e. The van der Waals surface area contributed by atoms with Crippen molar-refractivity contribution < 1.29 is 19.0 Å². The molecule has 3 N–H and O–H groups in total. The van der Waals surface area contributed by atoms with E-state index in [1.54, 1.807) is 36.5 Å². The number of carbonyl (C=O) groups is 1. The number of phenolic OH excluding ortho intramolecular Hbond substituents is 1. The Labute approximate surface area is 148 Å². The fraction of sp³-hybridized carbons (Fsp3) is 0.0500. The molecule has 0 spiro atoms. The highest BCUT2D eigenvalue weighted by Crippen LogP contribution is 2.42. The number of amides is 1. The fourth-order valence-corrected chi connectivity index (χ4v) is 3.12. The fourth-order valence-electron chi connectivity index (χ4n) is 3.12. The van der Waals surface area contributed by atoms with Crippen LogP contribution in [0.5, 0.6) is 11.5 Å². The number of halogens is 1. The molecule has 3 aromatic rings. The summed E-state index contributed by atoms with van der Waals surface area (Å²) in [6.45, 7) is 0. The zero-order valence-corrected chi connectivity index (χ0v) is 13.8. The normalized spacial score (nSPS) is 14.4. The van der Waals surface area contributed by atoms with E-state index in [0.717, 1.165) is 0 Å². The molecule has 5 nitrogen and oxygen atoms in total. The number of phenols is 1. The summed E-state index contributed by atoms with van der Waals surface area (Å²) in [5.74, 6) is -0.0956. The summed E-state index contributed by atoms with van der Waals surface area (Å²) in [6.07, 6.45) is 3.34. The highest BCUT2D eigenvalue weighted by atomic mass is 19.1. The highest BCUT2D eigenvalue weighted by molar-refractivity contribution is 6.36. The molecule has 26 heavy (non-hydrogen) atoms. The number of rotatable bonds is 3. The van der Waals surface area contributed by atoms with Crippen molar-refractivity contribution in [3.05, 3.63) is 65.7 Å². The molecule has 0 fully saturated rings. The smallest absolute Gasteiger partial charge is 0.256 e. The van der Waals surface area contributed by atoms with Crippen molar-refractivity contribution in [3.8, 4) is 22.6 Å². The molecule has 0 unspecified atom stereocenters. The van der Waals surface area contributed by atoms with E-state index in [2.05, 4.69) is 10.3 Å². The second-order valence-corrected chi connectivity index (χ2v) is 5.86. The van der Waals surface area contributed by atoms with Crippen molar-refractivity contribution in [3.63, 3.8) is 0 Å². The van der Waals surface area contributed by atoms with Crippen molar-refractivity contribution in [2.45, 2.75) is 0 Å². The van der Waals surface area contributed by atoms with Gasteiger partial charge in [-0.2, -0.15) is 0 Å². The number of anilines is 1. The number of carbonyl (C=O) groups excluding carboxylic acids is 1. The first kappa shape index (κ1) is 16.0. The molecule has 2 aromatic carbocycles. The molecule has 4 rings (SSSR count). The van der Waals surface area contributed by atoms with Crippen LogP contribution in [0.4, 0.5) is 10.1 Å². The summed E-state index contributed by atoms with van der Waals surface area (Å²) in [5, 5.41) is 12.3. The number of ether oxygens (including phenoxy) is 1. The van der Waals surface area contributed by atoms with Gasteiger partial charge in [-0.25, -0.2) is 4.39 Å². The van der Waals surface area contributed by atoms with E-state index >= 15 is 0 Å². The van der Waals surface area contributed by atoms with Crippen molar-refractivity contribution in [2.24, 2.45) is 0 Å². The van der Waals surface area contributed by atoms with Crippen LogP contribution in [0.1, 0.15) is 11.3 Å². The van der Waals surface area contributed by atoms with Crippen LogP contribution < -0.4 is 10.1 Å². The van der Waals surface area contributed by atoms with E-state index < -0.39 is 5.82 Å². The van der Waals surface area contributed by atoms with Gasteiger partial charge in [0.1, 0.15) is 17.3 Å². The third-order valence-electron chi connectivity index (χ3n) is 4.32. The van der Waals surface area contributed by atoms with Gasteiger partial charge >= 0.3 is 0 Å². The van der Waals surface area contributed by atoms with E-state index in [1.165, 1.54) is 25.3 Å². The molecule has 0 saturated heterocycles. The van der Waals surface area contributed by atoms with Crippen molar-refractivity contribution in [2.75, 3.05) is 12.4 Å². The monoisotopic (exact) mass is 350 g/mol. The van der Waals surface area contributed by atoms with Gasteiger partial charge < -0.3 is 20.1 Å². The van der Waals surface area contributed by atoms with Crippen molar-refractivity contribution in [1.82, 2.24) is 4.98 Å². The average molecular weight is 350 g/mol. The van der Waals surface area contributed by atoms with E-state index in [9.17, 15) is 14.3 Å². The quantitative estimate of drug-likeness (QED) is 0.625. The summed E-state index contributed by atoms with van der Waals surface area (Å²) >= 11 is 0. The number of hydrogen-bond donors (Lipinski definition) is 3. The molecule has 0 radical (unpaired) electrons. The molecule has 1 aliphatic heterocycles. The minimum Gasteiger partial charge on any atom is -0.508 e. The molecule has 6 heteroatoms. The van der Waals surface area contributed by atoms with E-state index in [4.69, 9.17) is 4.74 Å². The Morgan fingerprint density at radius 1 is 1.08 bits per heavy atom. The Balaban J connectivity index is 1.94. The molecule has 0 aliphatic carbocycles. The van der Waals surface area contributed by atoms with Crippen LogP contribution in [-0.2, 0) is 4.79 Å². The molecular weight excluding hydrogens is 335 g/mol. The first-order chi connectivity index (χ1) is 12.6. The first-order valence-corrected chi connectivity index (χ1v) is 7.95.